The fourth-order valence-electron chi connectivity index (χ4n) is 0.486. The quantitative estimate of drug-likeness (QED) is 0.484. The Kier molecular flexibility index (Phi) is 8.58. The van der Waals surface area contributed by atoms with Crippen LogP contribution in [0.1, 0.15) is 19.3 Å². The Bertz CT molecular complexity index is 135. The molecule has 0 aromatic carbocycles. The summed E-state index contributed by atoms with van der Waals surface area (Å²) in [4.78, 5) is 20.3. The summed E-state index contributed by atoms with van der Waals surface area (Å²) in [5, 5.41) is 8.15. The molecule has 0 saturated carbocycles. The van der Waals surface area contributed by atoms with E-state index >= 15 is 0 Å². The van der Waals surface area contributed by atoms with Gasteiger partial charge in [0.05, 0.1) is 7.11 Å². The monoisotopic (exact) mass is 181 g/mol. The first-order valence-corrected chi connectivity index (χ1v) is 2.95. The highest BCUT2D eigenvalue weighted by atomic mass is 35.5. The van der Waals surface area contributed by atoms with Crippen molar-refractivity contribution < 1.29 is 31.8 Å². The summed E-state index contributed by atoms with van der Waals surface area (Å²) in [6.45, 7) is 0. The standard InChI is InChI=1S/C6H10O4.ClH/c1-10-6(9)4-2-3-5(7)8;/h2-4H2,1H3,(H,7,8);1H/p-1. The van der Waals surface area contributed by atoms with Gasteiger partial charge in [0.2, 0.25) is 0 Å². The summed E-state index contributed by atoms with van der Waals surface area (Å²) in [6, 6.07) is 0. The van der Waals surface area contributed by atoms with Crippen LogP contribution in [0.5, 0.6) is 0 Å². The number of hydrogen-bond donors (Lipinski definition) is 1. The van der Waals surface area contributed by atoms with Crippen molar-refractivity contribution in [2.75, 3.05) is 7.11 Å². The molecule has 0 heterocycles. The zero-order valence-electron chi connectivity index (χ0n) is 6.17. The third-order valence-electron chi connectivity index (χ3n) is 0.999. The minimum Gasteiger partial charge on any atom is -1.00 e. The highest BCUT2D eigenvalue weighted by Crippen LogP contribution is 1.95. The average Bonchev–Trinajstić information content (AvgIpc) is 1.87. The van der Waals surface area contributed by atoms with Crippen LogP contribution in [0.2, 0.25) is 0 Å². The largest absolute Gasteiger partial charge is 1.00 e. The first-order chi connectivity index (χ1) is 4.66. The summed E-state index contributed by atoms with van der Waals surface area (Å²) < 4.78 is 4.30. The molecule has 11 heavy (non-hydrogen) atoms. The van der Waals surface area contributed by atoms with Gasteiger partial charge in [-0.2, -0.15) is 0 Å². The van der Waals surface area contributed by atoms with Crippen molar-refractivity contribution in [3.05, 3.63) is 0 Å². The number of aliphatic carboxylic acids is 1. The number of carboxylic acids is 1. The van der Waals surface area contributed by atoms with E-state index in [1.54, 1.807) is 0 Å². The first-order valence-electron chi connectivity index (χ1n) is 2.95. The number of halogens is 1. The lowest BCUT2D eigenvalue weighted by Crippen LogP contribution is -3.00. The van der Waals surface area contributed by atoms with Gasteiger partial charge in [-0.25, -0.2) is 0 Å². The van der Waals surface area contributed by atoms with E-state index in [1.165, 1.54) is 7.11 Å². The van der Waals surface area contributed by atoms with Gasteiger partial charge in [-0.15, -0.1) is 0 Å². The molecular formula is C6H10ClO4-. The van der Waals surface area contributed by atoms with E-state index in [-0.39, 0.29) is 31.2 Å². The van der Waals surface area contributed by atoms with Gasteiger partial charge in [0.1, 0.15) is 0 Å². The summed E-state index contributed by atoms with van der Waals surface area (Å²) in [5.41, 5.74) is 0. The van der Waals surface area contributed by atoms with E-state index in [9.17, 15) is 9.59 Å². The second-order valence-electron chi connectivity index (χ2n) is 1.82. The summed E-state index contributed by atoms with van der Waals surface area (Å²) in [6.07, 6.45) is 0.555. The van der Waals surface area contributed by atoms with Crippen LogP contribution in [0.3, 0.4) is 0 Å². The number of carboxylic acid groups (broad SMARTS) is 1. The third-order valence-corrected chi connectivity index (χ3v) is 0.999. The number of ether oxygens (including phenoxy) is 1. The van der Waals surface area contributed by atoms with Crippen LogP contribution in [-0.4, -0.2) is 24.2 Å². The predicted octanol–water partition coefficient (Wildman–Crippen LogP) is -2.58. The van der Waals surface area contributed by atoms with Crippen LogP contribution in [-0.2, 0) is 14.3 Å². The van der Waals surface area contributed by atoms with Gasteiger partial charge in [0.25, 0.3) is 0 Å². The predicted molar refractivity (Wildman–Crippen MR) is 33.5 cm³/mol. The molecule has 0 saturated heterocycles. The summed E-state index contributed by atoms with van der Waals surface area (Å²) in [5.74, 6) is -1.25. The topological polar surface area (TPSA) is 63.6 Å². The number of methoxy groups -OCH3 is 1. The molecule has 0 unspecified atom stereocenters. The second kappa shape index (κ2) is 7.34. The highest BCUT2D eigenvalue weighted by Gasteiger charge is 2.01. The van der Waals surface area contributed by atoms with Gasteiger partial charge in [0, 0.05) is 12.8 Å². The Balaban J connectivity index is 0. The van der Waals surface area contributed by atoms with E-state index in [1.807, 2.05) is 0 Å². The Labute approximate surface area is 70.9 Å². The fraction of sp³-hybridized carbons (Fsp3) is 0.667. The van der Waals surface area contributed by atoms with Crippen molar-refractivity contribution in [1.29, 1.82) is 0 Å². The molecule has 0 fully saturated rings. The molecular weight excluding hydrogens is 172 g/mol. The summed E-state index contributed by atoms with van der Waals surface area (Å²) >= 11 is 0. The normalized spacial score (nSPS) is 8.09. The molecule has 5 heteroatoms. The van der Waals surface area contributed by atoms with Crippen LogP contribution < -0.4 is 12.4 Å². The lowest BCUT2D eigenvalue weighted by atomic mass is 10.2. The molecule has 66 valence electrons. The lowest BCUT2D eigenvalue weighted by Gasteiger charge is -1.94. The highest BCUT2D eigenvalue weighted by molar-refractivity contribution is 5.71. The molecule has 4 nitrogen and oxygen atoms in total. The molecule has 0 bridgehead atoms. The van der Waals surface area contributed by atoms with Crippen molar-refractivity contribution >= 4 is 11.9 Å². The van der Waals surface area contributed by atoms with Crippen molar-refractivity contribution in [2.45, 2.75) is 19.3 Å². The average molecular weight is 182 g/mol. The van der Waals surface area contributed by atoms with Gasteiger partial charge in [-0.05, 0) is 6.42 Å². The molecule has 1 N–H and O–H groups in total. The van der Waals surface area contributed by atoms with E-state index < -0.39 is 5.97 Å². The first kappa shape index (κ1) is 12.9. The number of rotatable bonds is 4. The van der Waals surface area contributed by atoms with E-state index in [2.05, 4.69) is 4.74 Å². The number of hydrogen-bond acceptors (Lipinski definition) is 3. The second-order valence-corrected chi connectivity index (χ2v) is 1.82. The van der Waals surface area contributed by atoms with Crippen molar-refractivity contribution in [3.8, 4) is 0 Å². The summed E-state index contributed by atoms with van der Waals surface area (Å²) in [7, 11) is 1.28. The van der Waals surface area contributed by atoms with Crippen molar-refractivity contribution in [2.24, 2.45) is 0 Å². The molecule has 0 aliphatic rings. The maximum absolute atomic E-state index is 10.4. The molecule has 0 aromatic heterocycles. The molecule has 0 radical (unpaired) electrons. The lowest BCUT2D eigenvalue weighted by molar-refractivity contribution is -0.141. The number of carbonyl (C=O) groups excluding carboxylic acids is 1. The molecule has 0 rings (SSSR count). The fourth-order valence-corrected chi connectivity index (χ4v) is 0.486. The van der Waals surface area contributed by atoms with Crippen LogP contribution in [0, 0.1) is 0 Å². The van der Waals surface area contributed by atoms with E-state index in [0.717, 1.165) is 0 Å². The van der Waals surface area contributed by atoms with E-state index in [4.69, 9.17) is 5.11 Å². The molecule has 0 aliphatic carbocycles. The van der Waals surface area contributed by atoms with E-state index in [0.29, 0.717) is 6.42 Å². The SMILES string of the molecule is COC(=O)CCCC(=O)O.[Cl-]. The number of esters is 1. The van der Waals surface area contributed by atoms with Crippen LogP contribution in [0.15, 0.2) is 0 Å². The van der Waals surface area contributed by atoms with Gasteiger partial charge < -0.3 is 22.3 Å². The Hall–Kier alpha value is -0.770. The smallest absolute Gasteiger partial charge is 0.305 e. The minimum atomic E-state index is -0.885. The van der Waals surface area contributed by atoms with Gasteiger partial charge >= 0.3 is 11.9 Å². The van der Waals surface area contributed by atoms with Gasteiger partial charge in [-0.1, -0.05) is 0 Å². The maximum Gasteiger partial charge on any atom is 0.305 e. The Morgan fingerprint density at radius 1 is 1.36 bits per heavy atom. The van der Waals surface area contributed by atoms with Crippen LogP contribution >= 0.6 is 0 Å². The zero-order chi connectivity index (χ0) is 7.98. The molecule has 0 spiro atoms. The third kappa shape index (κ3) is 9.23. The van der Waals surface area contributed by atoms with Crippen LogP contribution in [0.4, 0.5) is 0 Å². The van der Waals surface area contributed by atoms with Crippen molar-refractivity contribution in [1.82, 2.24) is 0 Å². The zero-order valence-corrected chi connectivity index (χ0v) is 6.93. The molecule has 0 atom stereocenters. The maximum atomic E-state index is 10.4. The molecule has 0 aliphatic heterocycles. The minimum absolute atomic E-state index is 0. The molecule has 0 aromatic rings. The Morgan fingerprint density at radius 3 is 2.27 bits per heavy atom. The molecule has 0 amide bonds. The van der Waals surface area contributed by atoms with Crippen LogP contribution in [0.25, 0.3) is 0 Å². The Morgan fingerprint density at radius 2 is 1.91 bits per heavy atom. The van der Waals surface area contributed by atoms with Crippen molar-refractivity contribution in [3.63, 3.8) is 0 Å². The van der Waals surface area contributed by atoms with Gasteiger partial charge in [-0.3, -0.25) is 9.59 Å². The van der Waals surface area contributed by atoms with Gasteiger partial charge in [0.15, 0.2) is 0 Å². The number of carbonyl (C=O) groups is 2.